The first-order valence-electron chi connectivity index (χ1n) is 4.59. The number of rotatable bonds is 3. The van der Waals surface area contributed by atoms with Gasteiger partial charge < -0.3 is 4.98 Å². The van der Waals surface area contributed by atoms with Crippen LogP contribution in [0.5, 0.6) is 0 Å². The van der Waals surface area contributed by atoms with Crippen LogP contribution in [0.2, 0.25) is 0 Å². The van der Waals surface area contributed by atoms with Crippen LogP contribution in [0.15, 0.2) is 42.6 Å². The molecule has 1 nitrogen and oxygen atoms in total. The van der Waals surface area contributed by atoms with Crippen LogP contribution in [-0.4, -0.2) is 10.3 Å². The molecule has 2 aromatic rings. The molecule has 72 valence electrons. The van der Waals surface area contributed by atoms with Crippen molar-refractivity contribution in [1.29, 1.82) is 0 Å². The average Bonchev–Trinajstić information content (AvgIpc) is 2.62. The zero-order chi connectivity index (χ0) is 9.97. The Kier molecular flexibility index (Phi) is 2.73. The van der Waals surface area contributed by atoms with Crippen LogP contribution < -0.4 is 0 Å². The van der Waals surface area contributed by atoms with Gasteiger partial charge in [-0.3, -0.25) is 0 Å². The summed E-state index contributed by atoms with van der Waals surface area (Å²) < 4.78 is 0. The maximum Gasteiger partial charge on any atom is 0.0456 e. The number of aromatic nitrogens is 1. The maximum absolute atomic E-state index is 3.99. The zero-order valence-electron chi connectivity index (χ0n) is 7.89. The molecule has 2 heteroatoms. The van der Waals surface area contributed by atoms with E-state index in [2.05, 4.69) is 51.9 Å². The zero-order valence-corrected chi connectivity index (χ0v) is 9.47. The summed E-state index contributed by atoms with van der Waals surface area (Å²) in [4.78, 5) is 3.26. The lowest BCUT2D eigenvalue weighted by molar-refractivity contribution is 1.18. The molecule has 0 amide bonds. The molecular weight excluding hydrogens is 238 g/mol. The van der Waals surface area contributed by atoms with Crippen LogP contribution >= 0.6 is 15.9 Å². The molecule has 0 aliphatic rings. The van der Waals surface area contributed by atoms with Gasteiger partial charge in [-0.1, -0.05) is 46.3 Å². The predicted octanol–water partition coefficient (Wildman–Crippen LogP) is 3.66. The van der Waals surface area contributed by atoms with Gasteiger partial charge in [0.2, 0.25) is 0 Å². The second-order valence-corrected chi connectivity index (χ2v) is 3.98. The fourth-order valence-corrected chi connectivity index (χ4v) is 1.79. The van der Waals surface area contributed by atoms with E-state index >= 15 is 0 Å². The van der Waals surface area contributed by atoms with Gasteiger partial charge in [0.25, 0.3) is 0 Å². The standard InChI is InChI=1S/C12H12BrN/c1-9(7-13)6-10-8-14-12-5-3-2-4-11(10)12/h2-5,8,14H,1,6-7H2. The molecule has 0 saturated carbocycles. The van der Waals surface area contributed by atoms with Gasteiger partial charge in [0.1, 0.15) is 0 Å². The van der Waals surface area contributed by atoms with E-state index in [1.807, 2.05) is 6.07 Å². The molecule has 1 aromatic heterocycles. The molecule has 0 saturated heterocycles. The second-order valence-electron chi connectivity index (χ2n) is 3.42. The number of aromatic amines is 1. The van der Waals surface area contributed by atoms with Gasteiger partial charge >= 0.3 is 0 Å². The largest absolute Gasteiger partial charge is 0.361 e. The SMILES string of the molecule is C=C(CBr)Cc1c[nH]c2ccccc12. The van der Waals surface area contributed by atoms with E-state index in [9.17, 15) is 0 Å². The van der Waals surface area contributed by atoms with Gasteiger partial charge in [0.05, 0.1) is 0 Å². The number of halogens is 1. The third-order valence-corrected chi connectivity index (χ3v) is 3.10. The number of allylic oxidation sites excluding steroid dienone is 1. The first kappa shape index (κ1) is 9.53. The molecule has 0 unspecified atom stereocenters. The molecule has 0 fully saturated rings. The number of nitrogens with one attached hydrogen (secondary N) is 1. The highest BCUT2D eigenvalue weighted by molar-refractivity contribution is 9.09. The molecule has 0 atom stereocenters. The van der Waals surface area contributed by atoms with Gasteiger partial charge in [-0.05, 0) is 18.1 Å². The van der Waals surface area contributed by atoms with Crippen molar-refractivity contribution in [2.24, 2.45) is 0 Å². The Hall–Kier alpha value is -1.02. The second kappa shape index (κ2) is 4.01. The fraction of sp³-hybridized carbons (Fsp3) is 0.167. The lowest BCUT2D eigenvalue weighted by Gasteiger charge is -1.99. The van der Waals surface area contributed by atoms with Crippen LogP contribution in [0.1, 0.15) is 5.56 Å². The summed E-state index contributed by atoms with van der Waals surface area (Å²) in [7, 11) is 0. The van der Waals surface area contributed by atoms with Gasteiger partial charge in [0, 0.05) is 22.4 Å². The Morgan fingerprint density at radius 2 is 2.14 bits per heavy atom. The number of hydrogen-bond donors (Lipinski definition) is 1. The van der Waals surface area contributed by atoms with E-state index in [1.165, 1.54) is 22.0 Å². The molecule has 0 radical (unpaired) electrons. The smallest absolute Gasteiger partial charge is 0.0456 e. The summed E-state index contributed by atoms with van der Waals surface area (Å²) in [6, 6.07) is 8.34. The quantitative estimate of drug-likeness (QED) is 0.632. The van der Waals surface area contributed by atoms with Crippen molar-refractivity contribution in [1.82, 2.24) is 4.98 Å². The maximum atomic E-state index is 3.99. The van der Waals surface area contributed by atoms with Crippen molar-refractivity contribution < 1.29 is 0 Å². The van der Waals surface area contributed by atoms with Crippen LogP contribution in [0.3, 0.4) is 0 Å². The van der Waals surface area contributed by atoms with Crippen molar-refractivity contribution in [2.45, 2.75) is 6.42 Å². The molecule has 1 N–H and O–H groups in total. The molecular formula is C12H12BrN. The van der Waals surface area contributed by atoms with Crippen molar-refractivity contribution in [3.8, 4) is 0 Å². The molecule has 2 rings (SSSR count). The van der Waals surface area contributed by atoms with Crippen LogP contribution in [0, 0.1) is 0 Å². The van der Waals surface area contributed by atoms with E-state index in [1.54, 1.807) is 0 Å². The highest BCUT2D eigenvalue weighted by Gasteiger charge is 2.03. The highest BCUT2D eigenvalue weighted by atomic mass is 79.9. The van der Waals surface area contributed by atoms with E-state index in [-0.39, 0.29) is 0 Å². The van der Waals surface area contributed by atoms with Crippen molar-refractivity contribution in [2.75, 3.05) is 5.33 Å². The summed E-state index contributed by atoms with van der Waals surface area (Å²) in [5.74, 6) is 0. The molecule has 0 spiro atoms. The number of para-hydroxylation sites is 1. The topological polar surface area (TPSA) is 15.8 Å². The number of fused-ring (bicyclic) bond motifs is 1. The van der Waals surface area contributed by atoms with Crippen LogP contribution in [0.4, 0.5) is 0 Å². The first-order valence-corrected chi connectivity index (χ1v) is 5.71. The van der Waals surface area contributed by atoms with E-state index < -0.39 is 0 Å². The van der Waals surface area contributed by atoms with Gasteiger partial charge in [-0.15, -0.1) is 0 Å². The van der Waals surface area contributed by atoms with E-state index in [0.29, 0.717) is 0 Å². The van der Waals surface area contributed by atoms with Gasteiger partial charge in [0.15, 0.2) is 0 Å². The minimum absolute atomic E-state index is 0.868. The number of hydrogen-bond acceptors (Lipinski definition) is 0. The summed E-state index contributed by atoms with van der Waals surface area (Å²) >= 11 is 3.41. The van der Waals surface area contributed by atoms with Gasteiger partial charge in [-0.25, -0.2) is 0 Å². The van der Waals surface area contributed by atoms with Crippen molar-refractivity contribution in [3.63, 3.8) is 0 Å². The summed E-state index contributed by atoms with van der Waals surface area (Å²) in [6.07, 6.45) is 3.01. The van der Waals surface area contributed by atoms with Crippen LogP contribution in [0.25, 0.3) is 10.9 Å². The third kappa shape index (κ3) is 1.75. The first-order chi connectivity index (χ1) is 6.81. The fourth-order valence-electron chi connectivity index (χ4n) is 1.59. The minimum Gasteiger partial charge on any atom is -0.361 e. The highest BCUT2D eigenvalue weighted by Crippen LogP contribution is 2.20. The monoisotopic (exact) mass is 249 g/mol. The summed E-state index contributed by atoms with van der Waals surface area (Å²) in [5.41, 5.74) is 3.73. The Balaban J connectivity index is 2.38. The van der Waals surface area contributed by atoms with E-state index in [0.717, 1.165) is 11.8 Å². The summed E-state index contributed by atoms with van der Waals surface area (Å²) in [6.45, 7) is 3.99. The molecule has 1 aromatic carbocycles. The molecule has 14 heavy (non-hydrogen) atoms. The van der Waals surface area contributed by atoms with E-state index in [4.69, 9.17) is 0 Å². The molecule has 1 heterocycles. The summed E-state index contributed by atoms with van der Waals surface area (Å²) in [5, 5.41) is 2.17. The van der Waals surface area contributed by atoms with Gasteiger partial charge in [-0.2, -0.15) is 0 Å². The Morgan fingerprint density at radius 3 is 2.93 bits per heavy atom. The number of benzene rings is 1. The Labute approximate surface area is 92.0 Å². The predicted molar refractivity (Wildman–Crippen MR) is 64.9 cm³/mol. The lowest BCUT2D eigenvalue weighted by atomic mass is 10.1. The van der Waals surface area contributed by atoms with Crippen molar-refractivity contribution >= 4 is 26.8 Å². The number of H-pyrrole nitrogens is 1. The molecule has 0 aliphatic carbocycles. The Morgan fingerprint density at radius 1 is 1.36 bits per heavy atom. The molecule has 0 bridgehead atoms. The van der Waals surface area contributed by atoms with Crippen LogP contribution in [-0.2, 0) is 6.42 Å². The molecule has 0 aliphatic heterocycles. The third-order valence-electron chi connectivity index (χ3n) is 2.30. The number of alkyl halides is 1. The normalized spacial score (nSPS) is 10.6. The average molecular weight is 250 g/mol. The van der Waals surface area contributed by atoms with Crippen molar-refractivity contribution in [3.05, 3.63) is 48.2 Å². The minimum atomic E-state index is 0.868. The lowest BCUT2D eigenvalue weighted by Crippen LogP contribution is -1.88. The Bertz CT molecular complexity index is 456.